The summed E-state index contributed by atoms with van der Waals surface area (Å²) in [6, 6.07) is 30.8. The normalized spacial score (nSPS) is 16.2. The van der Waals surface area contributed by atoms with Gasteiger partial charge in [0.1, 0.15) is 36.2 Å². The molecule has 8 heteroatoms. The Morgan fingerprint density at radius 3 is 2.25 bits per heavy atom. The Balaban J connectivity index is 1.20. The molecule has 0 saturated carbocycles. The molecule has 0 radical (unpaired) electrons. The number of carbonyl (C=O) groups excluding carboxylic acids is 1. The predicted octanol–water partition coefficient (Wildman–Crippen LogP) is 9.21. The molecule has 5 aromatic rings. The fraction of sp³-hybridized carbons (Fsp3) is 0.267. The zero-order valence-electron chi connectivity index (χ0n) is 30.9. The van der Waals surface area contributed by atoms with Crippen molar-refractivity contribution in [1.82, 2.24) is 5.32 Å². The predicted molar refractivity (Wildman–Crippen MR) is 208 cm³/mol. The molecule has 1 unspecified atom stereocenters. The SMILES string of the molecule is C=C(C)COCCNC(=O)OCCOc1ccc(C2(c3ccccc3)C=Cc3c4c(c5ccc(OC)cc5c3O2)-c2ccc(OC)cc2C4(C)C)cc1. The van der Waals surface area contributed by atoms with E-state index in [2.05, 4.69) is 74.3 Å². The van der Waals surface area contributed by atoms with Gasteiger partial charge in [-0.1, -0.05) is 80.6 Å². The summed E-state index contributed by atoms with van der Waals surface area (Å²) < 4.78 is 35.4. The largest absolute Gasteiger partial charge is 0.497 e. The van der Waals surface area contributed by atoms with Gasteiger partial charge in [-0.3, -0.25) is 0 Å². The number of benzene rings is 5. The van der Waals surface area contributed by atoms with Crippen LogP contribution in [0.15, 0.2) is 109 Å². The third-order valence-corrected chi connectivity index (χ3v) is 9.98. The Bertz CT molecular complexity index is 2190. The van der Waals surface area contributed by atoms with Gasteiger partial charge in [0.15, 0.2) is 5.60 Å². The number of hydrogen-bond acceptors (Lipinski definition) is 7. The molecule has 0 fully saturated rings. The van der Waals surface area contributed by atoms with Crippen molar-refractivity contribution in [2.75, 3.05) is 47.2 Å². The molecule has 1 amide bonds. The van der Waals surface area contributed by atoms with Crippen LogP contribution in [0.2, 0.25) is 0 Å². The first-order chi connectivity index (χ1) is 25.7. The second-order valence-electron chi connectivity index (χ2n) is 13.9. The molecule has 5 aromatic carbocycles. The summed E-state index contributed by atoms with van der Waals surface area (Å²) >= 11 is 0. The summed E-state index contributed by atoms with van der Waals surface area (Å²) in [5, 5.41) is 4.75. The maximum absolute atomic E-state index is 12.0. The van der Waals surface area contributed by atoms with Gasteiger partial charge in [0.2, 0.25) is 0 Å². The van der Waals surface area contributed by atoms with E-state index < -0.39 is 11.7 Å². The van der Waals surface area contributed by atoms with Crippen molar-refractivity contribution >= 4 is 22.9 Å². The van der Waals surface area contributed by atoms with Crippen LogP contribution in [0.4, 0.5) is 4.79 Å². The highest BCUT2D eigenvalue weighted by Crippen LogP contribution is 2.58. The molecule has 1 N–H and O–H groups in total. The number of alkyl carbamates (subject to hydrolysis) is 1. The molecule has 0 aromatic heterocycles. The standard InChI is InChI=1S/C45H45NO7/c1-29(2)28-50-23-22-46-43(47)52-25-24-51-32-14-12-31(13-15-32)45(30-10-8-7-9-11-30)21-20-37-41-40(35-18-16-33(48-5)26-38(35)42(37)53-45)36-19-17-34(49-6)27-39(36)44(41,3)4/h7-21,26-27H,1,22-25,28H2,2-6H3,(H,46,47). The summed E-state index contributed by atoms with van der Waals surface area (Å²) in [6.45, 7) is 11.7. The van der Waals surface area contributed by atoms with Gasteiger partial charge in [-0.15, -0.1) is 0 Å². The van der Waals surface area contributed by atoms with E-state index in [0.29, 0.717) is 25.5 Å². The zero-order valence-corrected chi connectivity index (χ0v) is 30.9. The molecule has 53 heavy (non-hydrogen) atoms. The monoisotopic (exact) mass is 711 g/mol. The molecule has 1 aliphatic heterocycles. The highest BCUT2D eigenvalue weighted by Gasteiger charge is 2.44. The minimum atomic E-state index is -0.939. The first kappa shape index (κ1) is 35.7. The van der Waals surface area contributed by atoms with E-state index in [0.717, 1.165) is 50.3 Å². The van der Waals surface area contributed by atoms with E-state index in [1.807, 2.05) is 61.5 Å². The van der Waals surface area contributed by atoms with Crippen molar-refractivity contribution in [2.24, 2.45) is 0 Å². The average Bonchev–Trinajstić information content (AvgIpc) is 3.42. The summed E-state index contributed by atoms with van der Waals surface area (Å²) in [5.41, 5.74) is 7.49. The second kappa shape index (κ2) is 14.7. The van der Waals surface area contributed by atoms with E-state index in [1.165, 1.54) is 22.3 Å². The maximum Gasteiger partial charge on any atom is 0.407 e. The van der Waals surface area contributed by atoms with Crippen LogP contribution in [0.3, 0.4) is 0 Å². The molecular weight excluding hydrogens is 666 g/mol. The van der Waals surface area contributed by atoms with Crippen molar-refractivity contribution < 1.29 is 33.2 Å². The van der Waals surface area contributed by atoms with E-state index in [1.54, 1.807) is 14.2 Å². The van der Waals surface area contributed by atoms with E-state index >= 15 is 0 Å². The Hall–Kier alpha value is -5.73. The molecule has 1 atom stereocenters. The Morgan fingerprint density at radius 1 is 0.811 bits per heavy atom. The average molecular weight is 712 g/mol. The third-order valence-electron chi connectivity index (χ3n) is 9.98. The topological polar surface area (TPSA) is 84.5 Å². The molecule has 8 nitrogen and oxygen atoms in total. The highest BCUT2D eigenvalue weighted by molar-refractivity contribution is 6.09. The molecule has 7 rings (SSSR count). The summed E-state index contributed by atoms with van der Waals surface area (Å²) in [6.07, 6.45) is 3.88. The lowest BCUT2D eigenvalue weighted by Gasteiger charge is -2.38. The fourth-order valence-electron chi connectivity index (χ4n) is 7.48. The lowest BCUT2D eigenvalue weighted by molar-refractivity contribution is 0.117. The number of fused-ring (bicyclic) bond motifs is 8. The van der Waals surface area contributed by atoms with Crippen LogP contribution in [-0.4, -0.2) is 53.3 Å². The van der Waals surface area contributed by atoms with Crippen LogP contribution in [0.25, 0.3) is 28.0 Å². The van der Waals surface area contributed by atoms with Gasteiger partial charge in [0.25, 0.3) is 0 Å². The first-order valence-electron chi connectivity index (χ1n) is 17.8. The Kier molecular flexibility index (Phi) is 9.90. The minimum absolute atomic E-state index is 0.102. The Morgan fingerprint density at radius 2 is 1.51 bits per heavy atom. The maximum atomic E-state index is 12.0. The third kappa shape index (κ3) is 6.71. The molecule has 2 aliphatic rings. The van der Waals surface area contributed by atoms with Gasteiger partial charge in [0.05, 0.1) is 27.4 Å². The van der Waals surface area contributed by atoms with Crippen molar-refractivity contribution in [1.29, 1.82) is 0 Å². The molecule has 0 bridgehead atoms. The molecule has 0 spiro atoms. The van der Waals surface area contributed by atoms with E-state index in [4.69, 9.17) is 28.4 Å². The summed E-state index contributed by atoms with van der Waals surface area (Å²) in [5.74, 6) is 3.04. The van der Waals surface area contributed by atoms with Crippen molar-refractivity contribution in [3.05, 3.63) is 137 Å². The number of hydrogen-bond donors (Lipinski definition) is 1. The second-order valence-corrected chi connectivity index (χ2v) is 13.9. The van der Waals surface area contributed by atoms with Crippen molar-refractivity contribution in [2.45, 2.75) is 31.8 Å². The Labute approximate surface area is 310 Å². The molecular formula is C45H45NO7. The van der Waals surface area contributed by atoms with Crippen LogP contribution in [-0.2, 0) is 20.5 Å². The first-order valence-corrected chi connectivity index (χ1v) is 17.8. The van der Waals surface area contributed by atoms with Crippen LogP contribution in [0, 0.1) is 0 Å². The smallest absolute Gasteiger partial charge is 0.407 e. The highest BCUT2D eigenvalue weighted by atomic mass is 16.6. The van der Waals surface area contributed by atoms with Gasteiger partial charge < -0.3 is 33.7 Å². The van der Waals surface area contributed by atoms with Gasteiger partial charge in [-0.25, -0.2) is 4.79 Å². The molecule has 272 valence electrons. The lowest BCUT2D eigenvalue weighted by atomic mass is 9.76. The number of nitrogens with one attached hydrogen (secondary N) is 1. The van der Waals surface area contributed by atoms with E-state index in [-0.39, 0.29) is 18.6 Å². The van der Waals surface area contributed by atoms with Crippen LogP contribution < -0.4 is 24.3 Å². The minimum Gasteiger partial charge on any atom is -0.497 e. The number of rotatable bonds is 13. The lowest BCUT2D eigenvalue weighted by Crippen LogP contribution is -2.35. The fourth-order valence-corrected chi connectivity index (χ4v) is 7.48. The number of carbonyl (C=O) groups is 1. The molecule has 0 saturated heterocycles. The summed E-state index contributed by atoms with van der Waals surface area (Å²) in [7, 11) is 3.40. The van der Waals surface area contributed by atoms with Crippen LogP contribution >= 0.6 is 0 Å². The van der Waals surface area contributed by atoms with Gasteiger partial charge in [0, 0.05) is 34.0 Å². The van der Waals surface area contributed by atoms with Crippen LogP contribution in [0.5, 0.6) is 23.0 Å². The number of amides is 1. The van der Waals surface area contributed by atoms with E-state index in [9.17, 15) is 4.79 Å². The van der Waals surface area contributed by atoms with Crippen molar-refractivity contribution in [3.63, 3.8) is 0 Å². The summed E-state index contributed by atoms with van der Waals surface area (Å²) in [4.78, 5) is 12.0. The number of methoxy groups -OCH3 is 2. The molecule has 1 aliphatic carbocycles. The van der Waals surface area contributed by atoms with Gasteiger partial charge in [-0.2, -0.15) is 0 Å². The van der Waals surface area contributed by atoms with Gasteiger partial charge in [-0.05, 0) is 83.1 Å². The quantitative estimate of drug-likeness (QED) is 0.0963. The molecule has 1 heterocycles. The zero-order chi connectivity index (χ0) is 37.2. The van der Waals surface area contributed by atoms with Crippen molar-refractivity contribution in [3.8, 4) is 34.1 Å². The van der Waals surface area contributed by atoms with Gasteiger partial charge >= 0.3 is 6.09 Å². The van der Waals surface area contributed by atoms with Crippen LogP contribution in [0.1, 0.15) is 48.6 Å². The number of ether oxygens (including phenoxy) is 6.